The number of ether oxygens (including phenoxy) is 2. The molecule has 0 aromatic heterocycles. The van der Waals surface area contributed by atoms with Crippen molar-refractivity contribution in [3.63, 3.8) is 0 Å². The molecule has 7 unspecified atom stereocenters. The van der Waals surface area contributed by atoms with Gasteiger partial charge >= 0.3 is 0 Å². The van der Waals surface area contributed by atoms with Gasteiger partial charge in [-0.15, -0.1) is 0 Å². The number of allylic oxidation sites excluding steroid dienone is 7. The third kappa shape index (κ3) is 42.9. The number of unbranched alkanes of at least 4 members (excludes halogenated alkanes) is 38. The maximum Gasteiger partial charge on any atom is 0.220 e. The van der Waals surface area contributed by atoms with Crippen molar-refractivity contribution in [3.8, 4) is 0 Å². The lowest BCUT2D eigenvalue weighted by molar-refractivity contribution is -0.302. The van der Waals surface area contributed by atoms with Gasteiger partial charge in [0.2, 0.25) is 5.91 Å². The highest BCUT2D eigenvalue weighted by Crippen LogP contribution is 2.23. The van der Waals surface area contributed by atoms with Crippen LogP contribution in [-0.2, 0) is 14.3 Å². The van der Waals surface area contributed by atoms with E-state index in [9.17, 15) is 30.3 Å². The second kappa shape index (κ2) is 53.5. The third-order valence-corrected chi connectivity index (χ3v) is 14.9. The lowest BCUT2D eigenvalue weighted by Gasteiger charge is -2.40. The van der Waals surface area contributed by atoms with Gasteiger partial charge in [0, 0.05) is 6.42 Å². The highest BCUT2D eigenvalue weighted by Gasteiger charge is 2.44. The van der Waals surface area contributed by atoms with Crippen molar-refractivity contribution in [1.82, 2.24) is 5.32 Å². The Balaban J connectivity index is 2.09. The number of aliphatic hydroxyl groups excluding tert-OH is 5. The lowest BCUT2D eigenvalue weighted by Crippen LogP contribution is -2.60. The van der Waals surface area contributed by atoms with Crippen LogP contribution in [0.3, 0.4) is 0 Å². The first-order valence-corrected chi connectivity index (χ1v) is 31.4. The summed E-state index contributed by atoms with van der Waals surface area (Å²) in [5.74, 6) is -0.183. The molecule has 0 aromatic rings. The molecular formula is C64H119NO8. The first-order chi connectivity index (χ1) is 35.8. The van der Waals surface area contributed by atoms with Crippen molar-refractivity contribution in [2.75, 3.05) is 13.2 Å². The molecule has 428 valence electrons. The largest absolute Gasteiger partial charge is 0.394 e. The molecule has 9 nitrogen and oxygen atoms in total. The summed E-state index contributed by atoms with van der Waals surface area (Å²) in [6.07, 6.45) is 65.0. The maximum absolute atomic E-state index is 13.1. The average Bonchev–Trinajstić information content (AvgIpc) is 3.39. The van der Waals surface area contributed by atoms with E-state index in [0.29, 0.717) is 6.42 Å². The van der Waals surface area contributed by atoms with E-state index in [4.69, 9.17) is 9.47 Å². The van der Waals surface area contributed by atoms with Gasteiger partial charge in [0.15, 0.2) is 6.29 Å². The minimum Gasteiger partial charge on any atom is -0.394 e. The van der Waals surface area contributed by atoms with Gasteiger partial charge in [0.05, 0.1) is 25.4 Å². The molecule has 1 fully saturated rings. The fourth-order valence-electron chi connectivity index (χ4n) is 9.91. The average molecular weight is 1030 g/mol. The molecule has 1 rings (SSSR count). The van der Waals surface area contributed by atoms with E-state index in [2.05, 4.69) is 55.6 Å². The number of rotatable bonds is 54. The molecule has 7 atom stereocenters. The SMILES string of the molecule is CCCCCCC/C=C\C/C=C\CCCCCCCCCCCCCCCCCCCCCCCCCC(=O)NC(COC1OC(CO)C(O)C(O)C1O)C(O)/C=C/CC/C=C/CCCCCCCCCCC. The van der Waals surface area contributed by atoms with E-state index in [0.717, 1.165) is 44.9 Å². The Morgan fingerprint density at radius 3 is 1.23 bits per heavy atom. The van der Waals surface area contributed by atoms with Crippen molar-refractivity contribution < 1.29 is 39.8 Å². The second-order valence-corrected chi connectivity index (χ2v) is 21.8. The summed E-state index contributed by atoms with van der Waals surface area (Å²) in [6, 6.07) is -0.820. The maximum atomic E-state index is 13.1. The van der Waals surface area contributed by atoms with Crippen molar-refractivity contribution >= 4 is 5.91 Å². The summed E-state index contributed by atoms with van der Waals surface area (Å²) < 4.78 is 11.3. The minimum atomic E-state index is -1.57. The zero-order valence-corrected chi connectivity index (χ0v) is 47.6. The predicted octanol–water partition coefficient (Wildman–Crippen LogP) is 16.1. The number of nitrogens with one attached hydrogen (secondary N) is 1. The Bertz CT molecular complexity index is 1290. The summed E-state index contributed by atoms with van der Waals surface area (Å²) in [4.78, 5) is 13.1. The van der Waals surface area contributed by atoms with Gasteiger partial charge in [-0.3, -0.25) is 4.79 Å². The molecule has 0 aliphatic carbocycles. The van der Waals surface area contributed by atoms with E-state index in [1.807, 2.05) is 6.08 Å². The molecule has 0 spiro atoms. The lowest BCUT2D eigenvalue weighted by atomic mass is 9.99. The summed E-state index contributed by atoms with van der Waals surface area (Å²) in [5, 5.41) is 54.5. The molecule has 1 saturated heterocycles. The zero-order valence-electron chi connectivity index (χ0n) is 47.6. The van der Waals surface area contributed by atoms with Gasteiger partial charge in [0.25, 0.3) is 0 Å². The molecule has 9 heteroatoms. The number of carbonyl (C=O) groups is 1. The number of aliphatic hydroxyl groups is 5. The van der Waals surface area contributed by atoms with Crippen molar-refractivity contribution in [1.29, 1.82) is 0 Å². The van der Waals surface area contributed by atoms with Crippen LogP contribution in [-0.4, -0.2) is 87.5 Å². The molecule has 0 radical (unpaired) electrons. The molecule has 1 amide bonds. The van der Waals surface area contributed by atoms with Crippen LogP contribution in [0, 0.1) is 0 Å². The topological polar surface area (TPSA) is 149 Å². The smallest absolute Gasteiger partial charge is 0.220 e. The third-order valence-electron chi connectivity index (χ3n) is 14.9. The van der Waals surface area contributed by atoms with Crippen LogP contribution in [0.2, 0.25) is 0 Å². The molecule has 0 bridgehead atoms. The molecule has 0 saturated carbocycles. The highest BCUT2D eigenvalue weighted by molar-refractivity contribution is 5.76. The summed E-state index contributed by atoms with van der Waals surface area (Å²) in [5.41, 5.74) is 0. The van der Waals surface area contributed by atoms with Gasteiger partial charge in [-0.25, -0.2) is 0 Å². The van der Waals surface area contributed by atoms with Gasteiger partial charge < -0.3 is 40.3 Å². The van der Waals surface area contributed by atoms with Gasteiger partial charge in [0.1, 0.15) is 24.4 Å². The Morgan fingerprint density at radius 1 is 0.466 bits per heavy atom. The standard InChI is InChI=1S/C64H119NO8/c1-3-5-7-9-11-13-15-17-19-20-21-22-23-24-25-26-27-28-29-30-31-32-33-34-35-36-37-38-40-42-44-46-48-50-52-54-60(68)65-57(56-72-64-63(71)62(70)61(69)59(55-66)73-64)58(67)53-51-49-47-45-43-41-39-18-16-14-12-10-8-6-4-2/h15,17,20-21,43,45,51,53,57-59,61-64,66-67,69-71H,3-14,16,18-19,22-42,44,46-50,52,54-56H2,1-2H3,(H,65,68)/b17-15-,21-20-,45-43+,53-51+. The molecule has 1 aliphatic heterocycles. The van der Waals surface area contributed by atoms with Crippen LogP contribution in [0.1, 0.15) is 296 Å². The van der Waals surface area contributed by atoms with Crippen LogP contribution in [0.25, 0.3) is 0 Å². The molecule has 73 heavy (non-hydrogen) atoms. The zero-order chi connectivity index (χ0) is 52.9. The minimum absolute atomic E-state index is 0.183. The van der Waals surface area contributed by atoms with E-state index >= 15 is 0 Å². The van der Waals surface area contributed by atoms with Gasteiger partial charge in [-0.1, -0.05) is 274 Å². The molecule has 6 N–H and O–H groups in total. The van der Waals surface area contributed by atoms with Gasteiger partial charge in [-0.05, 0) is 64.2 Å². The number of carbonyl (C=O) groups excluding carboxylic acids is 1. The van der Waals surface area contributed by atoms with Gasteiger partial charge in [-0.2, -0.15) is 0 Å². The van der Waals surface area contributed by atoms with E-state index in [1.165, 1.54) is 231 Å². The first-order valence-electron chi connectivity index (χ1n) is 31.4. The van der Waals surface area contributed by atoms with Crippen LogP contribution in [0.5, 0.6) is 0 Å². The van der Waals surface area contributed by atoms with Crippen LogP contribution < -0.4 is 5.32 Å². The fourth-order valence-corrected chi connectivity index (χ4v) is 9.91. The summed E-state index contributed by atoms with van der Waals surface area (Å²) >= 11 is 0. The monoisotopic (exact) mass is 1030 g/mol. The number of amides is 1. The van der Waals surface area contributed by atoms with E-state index in [1.54, 1.807) is 6.08 Å². The Kier molecular flexibility index (Phi) is 50.7. The van der Waals surface area contributed by atoms with Crippen molar-refractivity contribution in [2.45, 2.75) is 339 Å². The normalized spacial score (nSPS) is 19.4. The molecule has 0 aromatic carbocycles. The highest BCUT2D eigenvalue weighted by atomic mass is 16.7. The number of hydrogen-bond acceptors (Lipinski definition) is 8. The fraction of sp³-hybridized carbons (Fsp3) is 0.859. The summed E-state index contributed by atoms with van der Waals surface area (Å²) in [6.45, 7) is 3.77. The Labute approximate surface area is 450 Å². The van der Waals surface area contributed by atoms with Crippen LogP contribution >= 0.6 is 0 Å². The molecular weight excluding hydrogens is 911 g/mol. The molecule has 1 aliphatic rings. The van der Waals surface area contributed by atoms with Crippen molar-refractivity contribution in [2.24, 2.45) is 0 Å². The Morgan fingerprint density at radius 2 is 0.822 bits per heavy atom. The van der Waals surface area contributed by atoms with Crippen LogP contribution in [0.15, 0.2) is 48.6 Å². The van der Waals surface area contributed by atoms with Crippen molar-refractivity contribution in [3.05, 3.63) is 48.6 Å². The van der Waals surface area contributed by atoms with Crippen LogP contribution in [0.4, 0.5) is 0 Å². The summed E-state index contributed by atoms with van der Waals surface area (Å²) in [7, 11) is 0. The number of hydrogen-bond donors (Lipinski definition) is 6. The Hall–Kier alpha value is -1.85. The first kappa shape index (κ1) is 69.2. The van der Waals surface area contributed by atoms with E-state index in [-0.39, 0.29) is 12.5 Å². The quantitative estimate of drug-likeness (QED) is 0.0261. The predicted molar refractivity (Wildman–Crippen MR) is 309 cm³/mol. The van der Waals surface area contributed by atoms with E-state index < -0.39 is 49.5 Å². The second-order valence-electron chi connectivity index (χ2n) is 21.8. The molecule has 1 heterocycles.